The molecule has 0 heterocycles. The summed E-state index contributed by atoms with van der Waals surface area (Å²) >= 11 is 0. The Morgan fingerprint density at radius 2 is 2.28 bits per heavy atom. The molecule has 0 saturated heterocycles. The van der Waals surface area contributed by atoms with Crippen molar-refractivity contribution in [1.29, 1.82) is 0 Å². The van der Waals surface area contributed by atoms with Crippen molar-refractivity contribution in [2.75, 3.05) is 6.61 Å². The van der Waals surface area contributed by atoms with Gasteiger partial charge in [-0.1, -0.05) is 12.8 Å². The standard InChI is InChI=1S/C13H17NO4/c1-9(15)12-8-11(14(16)17)4-5-13(12)18-7-6-10-2-3-10/h4-5,8-10,15H,2-3,6-7H2,1H3. The molecule has 2 rings (SSSR count). The normalized spacial score (nSPS) is 16.3. The Morgan fingerprint density at radius 1 is 1.56 bits per heavy atom. The summed E-state index contributed by atoms with van der Waals surface area (Å²) in [6, 6.07) is 4.34. The predicted octanol–water partition coefficient (Wildman–Crippen LogP) is 2.83. The van der Waals surface area contributed by atoms with E-state index >= 15 is 0 Å². The van der Waals surface area contributed by atoms with Crippen LogP contribution in [0.15, 0.2) is 18.2 Å². The number of nitrogens with zero attached hydrogens (tertiary/aromatic N) is 1. The molecule has 1 aromatic rings. The van der Waals surface area contributed by atoms with Gasteiger partial charge in [-0.25, -0.2) is 0 Å². The van der Waals surface area contributed by atoms with E-state index in [9.17, 15) is 15.2 Å². The second kappa shape index (κ2) is 5.35. The second-order valence-corrected chi connectivity index (χ2v) is 4.74. The molecule has 1 aromatic carbocycles. The molecule has 1 aliphatic rings. The van der Waals surface area contributed by atoms with Gasteiger partial charge in [0.25, 0.3) is 5.69 Å². The summed E-state index contributed by atoms with van der Waals surface area (Å²) in [7, 11) is 0. The minimum absolute atomic E-state index is 0.0274. The molecule has 0 radical (unpaired) electrons. The SMILES string of the molecule is CC(O)c1cc([N+](=O)[O-])ccc1OCCC1CC1. The first-order chi connectivity index (χ1) is 8.58. The molecule has 1 saturated carbocycles. The highest BCUT2D eigenvalue weighted by molar-refractivity contribution is 5.44. The van der Waals surface area contributed by atoms with Crippen LogP contribution in [0.3, 0.4) is 0 Å². The summed E-state index contributed by atoms with van der Waals surface area (Å²) in [6.45, 7) is 2.18. The predicted molar refractivity (Wildman–Crippen MR) is 66.6 cm³/mol. The lowest BCUT2D eigenvalue weighted by Crippen LogP contribution is -2.03. The van der Waals surface area contributed by atoms with Gasteiger partial charge in [0.1, 0.15) is 5.75 Å². The number of benzene rings is 1. The van der Waals surface area contributed by atoms with Crippen molar-refractivity contribution in [2.24, 2.45) is 5.92 Å². The van der Waals surface area contributed by atoms with Crippen molar-refractivity contribution in [3.63, 3.8) is 0 Å². The maximum atomic E-state index is 10.7. The fourth-order valence-corrected chi connectivity index (χ4v) is 1.85. The number of non-ortho nitro benzene ring substituents is 1. The molecular formula is C13H17NO4. The van der Waals surface area contributed by atoms with E-state index in [0.29, 0.717) is 17.9 Å². The van der Waals surface area contributed by atoms with E-state index in [2.05, 4.69) is 0 Å². The monoisotopic (exact) mass is 251 g/mol. The average molecular weight is 251 g/mol. The van der Waals surface area contributed by atoms with Gasteiger partial charge in [0.2, 0.25) is 0 Å². The number of nitro groups is 1. The number of nitro benzene ring substituents is 1. The van der Waals surface area contributed by atoms with Gasteiger partial charge >= 0.3 is 0 Å². The number of ether oxygens (including phenoxy) is 1. The van der Waals surface area contributed by atoms with Crippen LogP contribution < -0.4 is 4.74 Å². The Balaban J connectivity index is 2.08. The molecule has 18 heavy (non-hydrogen) atoms. The molecule has 1 N–H and O–H groups in total. The minimum atomic E-state index is -0.777. The molecular weight excluding hydrogens is 234 g/mol. The van der Waals surface area contributed by atoms with Gasteiger partial charge < -0.3 is 9.84 Å². The van der Waals surface area contributed by atoms with Crippen molar-refractivity contribution in [3.8, 4) is 5.75 Å². The fourth-order valence-electron chi connectivity index (χ4n) is 1.85. The number of rotatable bonds is 6. The largest absolute Gasteiger partial charge is 0.493 e. The molecule has 0 spiro atoms. The quantitative estimate of drug-likeness (QED) is 0.623. The molecule has 1 unspecified atom stereocenters. The summed E-state index contributed by atoms with van der Waals surface area (Å²) in [5, 5.41) is 20.3. The molecule has 1 atom stereocenters. The van der Waals surface area contributed by atoms with Crippen LogP contribution in [-0.2, 0) is 0 Å². The van der Waals surface area contributed by atoms with E-state index in [0.717, 1.165) is 12.3 Å². The van der Waals surface area contributed by atoms with Crippen LogP contribution in [0.2, 0.25) is 0 Å². The van der Waals surface area contributed by atoms with E-state index in [1.54, 1.807) is 13.0 Å². The minimum Gasteiger partial charge on any atom is -0.493 e. The molecule has 5 heteroatoms. The Bertz CT molecular complexity index is 441. The van der Waals surface area contributed by atoms with E-state index < -0.39 is 11.0 Å². The lowest BCUT2D eigenvalue weighted by molar-refractivity contribution is -0.385. The number of aliphatic hydroxyl groups is 1. The van der Waals surface area contributed by atoms with Crippen LogP contribution in [0.1, 0.15) is 37.9 Å². The molecule has 0 aromatic heterocycles. The Morgan fingerprint density at radius 3 is 2.83 bits per heavy atom. The van der Waals surface area contributed by atoms with Crippen molar-refractivity contribution in [1.82, 2.24) is 0 Å². The van der Waals surface area contributed by atoms with Crippen LogP contribution in [0, 0.1) is 16.0 Å². The van der Waals surface area contributed by atoms with Crippen LogP contribution in [0.4, 0.5) is 5.69 Å². The van der Waals surface area contributed by atoms with E-state index in [1.807, 2.05) is 0 Å². The third-order valence-electron chi connectivity index (χ3n) is 3.13. The zero-order chi connectivity index (χ0) is 13.1. The first-order valence-corrected chi connectivity index (χ1v) is 6.17. The van der Waals surface area contributed by atoms with Crippen molar-refractivity contribution in [2.45, 2.75) is 32.3 Å². The van der Waals surface area contributed by atoms with Crippen LogP contribution in [0.5, 0.6) is 5.75 Å². The van der Waals surface area contributed by atoms with Crippen molar-refractivity contribution in [3.05, 3.63) is 33.9 Å². The van der Waals surface area contributed by atoms with E-state index in [1.165, 1.54) is 25.0 Å². The second-order valence-electron chi connectivity index (χ2n) is 4.74. The molecule has 5 nitrogen and oxygen atoms in total. The summed E-state index contributed by atoms with van der Waals surface area (Å²) < 4.78 is 5.60. The number of aliphatic hydroxyl groups excluding tert-OH is 1. The first-order valence-electron chi connectivity index (χ1n) is 6.17. The van der Waals surface area contributed by atoms with Gasteiger partial charge in [-0.2, -0.15) is 0 Å². The third-order valence-corrected chi connectivity index (χ3v) is 3.13. The van der Waals surface area contributed by atoms with E-state index in [4.69, 9.17) is 4.74 Å². The maximum Gasteiger partial charge on any atom is 0.270 e. The molecule has 98 valence electrons. The summed E-state index contributed by atoms with van der Waals surface area (Å²) in [5.74, 6) is 1.31. The van der Waals surface area contributed by atoms with Crippen LogP contribution in [0.25, 0.3) is 0 Å². The van der Waals surface area contributed by atoms with Gasteiger partial charge in [0.05, 0.1) is 17.6 Å². The Kier molecular flexibility index (Phi) is 3.81. The Hall–Kier alpha value is -1.62. The molecule has 0 bridgehead atoms. The topological polar surface area (TPSA) is 72.6 Å². The van der Waals surface area contributed by atoms with E-state index in [-0.39, 0.29) is 5.69 Å². The highest BCUT2D eigenvalue weighted by atomic mass is 16.6. The van der Waals surface area contributed by atoms with Crippen molar-refractivity contribution >= 4 is 5.69 Å². The maximum absolute atomic E-state index is 10.7. The lowest BCUT2D eigenvalue weighted by atomic mass is 10.1. The number of hydrogen-bond donors (Lipinski definition) is 1. The fraction of sp³-hybridized carbons (Fsp3) is 0.538. The smallest absolute Gasteiger partial charge is 0.270 e. The zero-order valence-electron chi connectivity index (χ0n) is 10.3. The molecule has 1 aliphatic carbocycles. The zero-order valence-corrected chi connectivity index (χ0v) is 10.3. The molecule has 0 aliphatic heterocycles. The molecule has 1 fully saturated rings. The van der Waals surface area contributed by atoms with Gasteiger partial charge in [0, 0.05) is 17.7 Å². The average Bonchev–Trinajstić information content (AvgIpc) is 3.13. The summed E-state index contributed by atoms with van der Waals surface area (Å²) in [4.78, 5) is 10.2. The lowest BCUT2D eigenvalue weighted by Gasteiger charge is -2.13. The third kappa shape index (κ3) is 3.20. The number of hydrogen-bond acceptors (Lipinski definition) is 4. The first kappa shape index (κ1) is 12.8. The van der Waals surface area contributed by atoms with Gasteiger partial charge in [0.15, 0.2) is 0 Å². The van der Waals surface area contributed by atoms with Gasteiger partial charge in [-0.3, -0.25) is 10.1 Å². The highest BCUT2D eigenvalue weighted by Crippen LogP contribution is 2.33. The van der Waals surface area contributed by atoms with Crippen molar-refractivity contribution < 1.29 is 14.8 Å². The summed E-state index contributed by atoms with van der Waals surface area (Å²) in [6.07, 6.45) is 2.77. The molecule has 0 amide bonds. The van der Waals surface area contributed by atoms with Crippen LogP contribution >= 0.6 is 0 Å². The van der Waals surface area contributed by atoms with Crippen LogP contribution in [-0.4, -0.2) is 16.6 Å². The Labute approximate surface area is 106 Å². The van der Waals surface area contributed by atoms with Gasteiger partial charge in [-0.05, 0) is 25.3 Å². The summed E-state index contributed by atoms with van der Waals surface area (Å²) in [5.41, 5.74) is 0.445. The highest BCUT2D eigenvalue weighted by Gasteiger charge is 2.21. The van der Waals surface area contributed by atoms with Gasteiger partial charge in [-0.15, -0.1) is 0 Å².